The Kier molecular flexibility index (Phi) is 4.25. The van der Waals surface area contributed by atoms with Gasteiger partial charge in [0, 0.05) is 12.6 Å². The molecule has 0 bridgehead atoms. The van der Waals surface area contributed by atoms with Gasteiger partial charge < -0.3 is 11.1 Å². The second-order valence-electron chi connectivity index (χ2n) is 4.32. The van der Waals surface area contributed by atoms with Crippen LogP contribution in [-0.2, 0) is 12.7 Å². The highest BCUT2D eigenvalue weighted by atomic mass is 19.4. The van der Waals surface area contributed by atoms with Gasteiger partial charge in [-0.05, 0) is 17.7 Å². The van der Waals surface area contributed by atoms with Crippen LogP contribution in [0.2, 0.25) is 0 Å². The molecule has 0 unspecified atom stereocenters. The molecule has 0 radical (unpaired) electrons. The molecule has 1 amide bonds. The van der Waals surface area contributed by atoms with Gasteiger partial charge in [-0.2, -0.15) is 13.2 Å². The highest BCUT2D eigenvalue weighted by Gasteiger charge is 2.34. The number of carbonyl (C=O) groups excluding carboxylic acids is 1. The molecular weight excluding hydrogens is 304 g/mol. The van der Waals surface area contributed by atoms with Crippen LogP contribution in [0.1, 0.15) is 21.6 Å². The van der Waals surface area contributed by atoms with Crippen molar-refractivity contribution in [2.45, 2.75) is 12.7 Å². The van der Waals surface area contributed by atoms with E-state index in [1.807, 2.05) is 0 Å². The topological polar surface area (TPSA) is 80.9 Å². The van der Waals surface area contributed by atoms with Crippen LogP contribution in [0.3, 0.4) is 0 Å². The second-order valence-corrected chi connectivity index (χ2v) is 4.32. The minimum Gasteiger partial charge on any atom is -0.384 e. The number of nitrogens with one attached hydrogen (secondary N) is 1. The molecule has 1 aromatic carbocycles. The summed E-state index contributed by atoms with van der Waals surface area (Å²) in [7, 11) is 0. The van der Waals surface area contributed by atoms with E-state index in [1.165, 1.54) is 6.07 Å². The number of benzene rings is 1. The zero-order chi connectivity index (χ0) is 16.3. The highest BCUT2D eigenvalue weighted by molar-refractivity contribution is 5.92. The number of alkyl halides is 3. The molecular formula is C13H10F4N4O. The minimum atomic E-state index is -4.80. The number of anilines is 1. The number of aromatic nitrogens is 2. The van der Waals surface area contributed by atoms with Crippen molar-refractivity contribution in [1.82, 2.24) is 15.3 Å². The first-order valence-electron chi connectivity index (χ1n) is 5.98. The molecule has 1 aromatic heterocycles. The Morgan fingerprint density at radius 3 is 2.59 bits per heavy atom. The average molecular weight is 314 g/mol. The zero-order valence-electron chi connectivity index (χ0n) is 11.0. The highest BCUT2D eigenvalue weighted by Crippen LogP contribution is 2.31. The van der Waals surface area contributed by atoms with Gasteiger partial charge in [0.15, 0.2) is 0 Å². The monoisotopic (exact) mass is 314 g/mol. The maximum Gasteiger partial charge on any atom is 0.419 e. The molecule has 5 nitrogen and oxygen atoms in total. The number of nitrogens with zero attached hydrogens (tertiary/aromatic N) is 2. The number of hydrogen-bond donors (Lipinski definition) is 2. The van der Waals surface area contributed by atoms with Crippen LogP contribution < -0.4 is 11.1 Å². The summed E-state index contributed by atoms with van der Waals surface area (Å²) in [5, 5.41) is 2.37. The number of amides is 1. The van der Waals surface area contributed by atoms with Gasteiger partial charge in [-0.1, -0.05) is 6.07 Å². The third-order valence-electron chi connectivity index (χ3n) is 2.71. The van der Waals surface area contributed by atoms with Crippen LogP contribution in [-0.4, -0.2) is 15.9 Å². The molecule has 0 aliphatic rings. The predicted octanol–water partition coefficient (Wildman–Crippen LogP) is 2.15. The zero-order valence-corrected chi connectivity index (χ0v) is 11.0. The maximum absolute atomic E-state index is 13.1. The van der Waals surface area contributed by atoms with E-state index in [9.17, 15) is 22.4 Å². The van der Waals surface area contributed by atoms with E-state index in [0.717, 1.165) is 12.4 Å². The van der Waals surface area contributed by atoms with Gasteiger partial charge >= 0.3 is 6.18 Å². The predicted molar refractivity (Wildman–Crippen MR) is 69.0 cm³/mol. The summed E-state index contributed by atoms with van der Waals surface area (Å²) in [6, 6.07) is 3.72. The number of nitrogen functional groups attached to an aromatic ring is 1. The first kappa shape index (κ1) is 15.7. The van der Waals surface area contributed by atoms with Gasteiger partial charge in [0.2, 0.25) is 0 Å². The molecule has 0 aliphatic carbocycles. The van der Waals surface area contributed by atoms with E-state index in [4.69, 9.17) is 5.73 Å². The Hall–Kier alpha value is -2.71. The van der Waals surface area contributed by atoms with E-state index >= 15 is 0 Å². The fraction of sp³-hybridized carbons (Fsp3) is 0.154. The van der Waals surface area contributed by atoms with Crippen LogP contribution >= 0.6 is 0 Å². The SMILES string of the molecule is Nc1cc(C(=O)NCc2ccc(F)c(C(F)(F)F)c2)ncn1. The fourth-order valence-corrected chi connectivity index (χ4v) is 1.67. The third kappa shape index (κ3) is 3.68. The molecule has 0 atom stereocenters. The molecule has 0 saturated heterocycles. The number of hydrogen-bond acceptors (Lipinski definition) is 4. The van der Waals surface area contributed by atoms with Crippen LogP contribution in [0.25, 0.3) is 0 Å². The van der Waals surface area contributed by atoms with E-state index in [-0.39, 0.29) is 23.6 Å². The first-order valence-corrected chi connectivity index (χ1v) is 5.98. The smallest absolute Gasteiger partial charge is 0.384 e. The Balaban J connectivity index is 2.10. The van der Waals surface area contributed by atoms with E-state index in [1.54, 1.807) is 0 Å². The normalized spacial score (nSPS) is 11.3. The third-order valence-corrected chi connectivity index (χ3v) is 2.71. The number of rotatable bonds is 3. The van der Waals surface area contributed by atoms with Crippen LogP contribution in [0.15, 0.2) is 30.6 Å². The van der Waals surface area contributed by atoms with Crippen LogP contribution in [0, 0.1) is 5.82 Å². The number of nitrogens with two attached hydrogens (primary N) is 1. The standard InChI is InChI=1S/C13H10F4N4O/c14-9-2-1-7(3-8(9)13(15,16)17)5-19-12(22)10-4-11(18)21-6-20-10/h1-4,6H,5H2,(H,19,22)(H2,18,20,21). The Labute approximate surface area is 122 Å². The van der Waals surface area contributed by atoms with Crippen molar-refractivity contribution in [1.29, 1.82) is 0 Å². The van der Waals surface area contributed by atoms with Crippen molar-refractivity contribution in [3.8, 4) is 0 Å². The largest absolute Gasteiger partial charge is 0.419 e. The van der Waals surface area contributed by atoms with Gasteiger partial charge in [0.25, 0.3) is 5.91 Å². The molecule has 9 heteroatoms. The van der Waals surface area contributed by atoms with Crippen molar-refractivity contribution < 1.29 is 22.4 Å². The quantitative estimate of drug-likeness (QED) is 0.851. The van der Waals surface area contributed by atoms with Gasteiger partial charge in [-0.25, -0.2) is 14.4 Å². The lowest BCUT2D eigenvalue weighted by atomic mass is 10.1. The Morgan fingerprint density at radius 1 is 1.23 bits per heavy atom. The lowest BCUT2D eigenvalue weighted by Gasteiger charge is -2.10. The van der Waals surface area contributed by atoms with Crippen molar-refractivity contribution in [2.75, 3.05) is 5.73 Å². The van der Waals surface area contributed by atoms with Crippen molar-refractivity contribution in [3.63, 3.8) is 0 Å². The number of carbonyl (C=O) groups is 1. The van der Waals surface area contributed by atoms with Gasteiger partial charge in [0.1, 0.15) is 23.7 Å². The molecule has 0 saturated carbocycles. The summed E-state index contributed by atoms with van der Waals surface area (Å²) in [6.07, 6.45) is -3.71. The van der Waals surface area contributed by atoms with Crippen molar-refractivity contribution in [3.05, 3.63) is 53.2 Å². The van der Waals surface area contributed by atoms with E-state index in [2.05, 4.69) is 15.3 Å². The van der Waals surface area contributed by atoms with E-state index < -0.39 is 23.5 Å². The molecule has 22 heavy (non-hydrogen) atoms. The summed E-state index contributed by atoms with van der Waals surface area (Å²) >= 11 is 0. The minimum absolute atomic E-state index is 0.0225. The van der Waals surface area contributed by atoms with Gasteiger partial charge in [-0.3, -0.25) is 4.79 Å². The van der Waals surface area contributed by atoms with Crippen LogP contribution in [0.4, 0.5) is 23.4 Å². The lowest BCUT2D eigenvalue weighted by molar-refractivity contribution is -0.140. The molecule has 3 N–H and O–H groups in total. The molecule has 116 valence electrons. The molecule has 1 heterocycles. The maximum atomic E-state index is 13.1. The Bertz CT molecular complexity index is 703. The lowest BCUT2D eigenvalue weighted by Crippen LogP contribution is -2.24. The number of halogens is 4. The molecule has 0 fully saturated rings. The van der Waals surface area contributed by atoms with E-state index in [0.29, 0.717) is 12.1 Å². The Morgan fingerprint density at radius 2 is 1.95 bits per heavy atom. The van der Waals surface area contributed by atoms with Crippen LogP contribution in [0.5, 0.6) is 0 Å². The van der Waals surface area contributed by atoms with Crippen molar-refractivity contribution in [2.24, 2.45) is 0 Å². The average Bonchev–Trinajstić information content (AvgIpc) is 2.45. The molecule has 0 spiro atoms. The summed E-state index contributed by atoms with van der Waals surface area (Å²) in [4.78, 5) is 19.1. The van der Waals surface area contributed by atoms with Gasteiger partial charge in [0.05, 0.1) is 5.56 Å². The fourth-order valence-electron chi connectivity index (χ4n) is 1.67. The summed E-state index contributed by atoms with van der Waals surface area (Å²) in [6.45, 7) is -0.216. The molecule has 2 rings (SSSR count). The second kappa shape index (κ2) is 5.96. The molecule has 0 aliphatic heterocycles. The van der Waals surface area contributed by atoms with Gasteiger partial charge in [-0.15, -0.1) is 0 Å². The summed E-state index contributed by atoms with van der Waals surface area (Å²) in [5.74, 6) is -1.92. The summed E-state index contributed by atoms with van der Waals surface area (Å²) < 4.78 is 50.9. The van der Waals surface area contributed by atoms with Crippen molar-refractivity contribution >= 4 is 11.7 Å². The first-order chi connectivity index (χ1) is 10.3. The summed E-state index contributed by atoms with van der Waals surface area (Å²) in [5.41, 5.74) is 4.08. The molecule has 2 aromatic rings.